The van der Waals surface area contributed by atoms with Crippen molar-refractivity contribution < 1.29 is 14.6 Å². The molecule has 0 saturated carbocycles. The lowest BCUT2D eigenvalue weighted by Gasteiger charge is -2.08. The van der Waals surface area contributed by atoms with E-state index in [4.69, 9.17) is 9.84 Å². The van der Waals surface area contributed by atoms with Crippen molar-refractivity contribution in [2.75, 3.05) is 7.11 Å². The Morgan fingerprint density at radius 3 is 2.71 bits per heavy atom. The summed E-state index contributed by atoms with van der Waals surface area (Å²) >= 11 is 3.37. The van der Waals surface area contributed by atoms with Crippen LogP contribution in [0.2, 0.25) is 0 Å². The van der Waals surface area contributed by atoms with E-state index < -0.39 is 5.97 Å². The van der Waals surface area contributed by atoms with Crippen LogP contribution >= 0.6 is 15.9 Å². The molecule has 0 spiro atoms. The Morgan fingerprint density at radius 1 is 1.41 bits per heavy atom. The minimum atomic E-state index is -1.05. The highest BCUT2D eigenvalue weighted by molar-refractivity contribution is 9.10. The summed E-state index contributed by atoms with van der Waals surface area (Å²) in [6, 6.07) is 5.33. The van der Waals surface area contributed by atoms with E-state index >= 15 is 0 Å². The van der Waals surface area contributed by atoms with Gasteiger partial charge in [0.15, 0.2) is 0 Å². The normalized spacial score (nSPS) is 10.5. The summed E-state index contributed by atoms with van der Waals surface area (Å²) in [6.07, 6.45) is 0. The summed E-state index contributed by atoms with van der Waals surface area (Å²) in [4.78, 5) is 15.3. The molecular weight excluding hydrogens is 286 g/mol. The number of rotatable bonds is 2. The molecule has 5 heteroatoms. The molecule has 0 atom stereocenters. The number of carbonyl (C=O) groups is 1. The quantitative estimate of drug-likeness (QED) is 0.925. The Kier molecular flexibility index (Phi) is 3.02. The summed E-state index contributed by atoms with van der Waals surface area (Å²) in [5.74, 6) is -0.913. The number of nitrogens with zero attached hydrogens (tertiary/aromatic N) is 1. The lowest BCUT2D eigenvalue weighted by atomic mass is 10.1. The van der Waals surface area contributed by atoms with Crippen LogP contribution in [0.1, 0.15) is 15.9 Å². The van der Waals surface area contributed by atoms with Crippen LogP contribution in [0.25, 0.3) is 10.9 Å². The second-order valence-corrected chi connectivity index (χ2v) is 4.56. The Hall–Kier alpha value is -1.62. The number of carboxylic acid groups (broad SMARTS) is 1. The van der Waals surface area contributed by atoms with E-state index in [1.807, 2.05) is 19.1 Å². The number of aromatic nitrogens is 1. The highest BCUT2D eigenvalue weighted by Crippen LogP contribution is 2.27. The molecular formula is C12H10BrNO3. The Labute approximate surface area is 106 Å². The second kappa shape index (κ2) is 4.33. The van der Waals surface area contributed by atoms with Crippen molar-refractivity contribution in [2.24, 2.45) is 0 Å². The number of aromatic carboxylic acids is 1. The number of ether oxygens (including phenoxy) is 1. The maximum Gasteiger partial charge on any atom is 0.341 e. The fraction of sp³-hybridized carbons (Fsp3) is 0.167. The third-order valence-corrected chi connectivity index (χ3v) is 2.92. The fourth-order valence-corrected chi connectivity index (χ4v) is 2.30. The van der Waals surface area contributed by atoms with Crippen LogP contribution in [0.5, 0.6) is 5.88 Å². The predicted molar refractivity (Wildman–Crippen MR) is 67.7 cm³/mol. The zero-order valence-electron chi connectivity index (χ0n) is 9.32. The number of hydrogen-bond donors (Lipinski definition) is 1. The summed E-state index contributed by atoms with van der Waals surface area (Å²) in [5.41, 5.74) is 1.78. The van der Waals surface area contributed by atoms with Gasteiger partial charge in [0, 0.05) is 9.86 Å². The Balaban J connectivity index is 2.83. The first-order chi connectivity index (χ1) is 8.02. The Bertz CT molecular complexity index is 610. The van der Waals surface area contributed by atoms with Gasteiger partial charge >= 0.3 is 5.97 Å². The number of methoxy groups -OCH3 is 1. The van der Waals surface area contributed by atoms with Crippen molar-refractivity contribution >= 4 is 32.8 Å². The summed E-state index contributed by atoms with van der Waals surface area (Å²) in [6.45, 7) is 1.92. The molecule has 1 aromatic carbocycles. The highest BCUT2D eigenvalue weighted by Gasteiger charge is 2.15. The van der Waals surface area contributed by atoms with E-state index in [1.165, 1.54) is 7.11 Å². The average Bonchev–Trinajstić information content (AvgIpc) is 2.27. The van der Waals surface area contributed by atoms with E-state index in [0.29, 0.717) is 0 Å². The lowest BCUT2D eigenvalue weighted by Crippen LogP contribution is -2.03. The molecule has 1 N–H and O–H groups in total. The maximum atomic E-state index is 11.1. The fourth-order valence-electron chi connectivity index (χ4n) is 1.71. The number of benzene rings is 1. The number of pyridine rings is 1. The first kappa shape index (κ1) is 11.9. The average molecular weight is 296 g/mol. The van der Waals surface area contributed by atoms with Crippen LogP contribution in [0.15, 0.2) is 22.7 Å². The molecule has 0 bridgehead atoms. The molecule has 0 aliphatic rings. The number of hydrogen-bond acceptors (Lipinski definition) is 3. The molecule has 0 radical (unpaired) electrons. The number of halogens is 1. The molecule has 1 aromatic heterocycles. The topological polar surface area (TPSA) is 59.4 Å². The van der Waals surface area contributed by atoms with E-state index in [0.717, 1.165) is 20.9 Å². The van der Waals surface area contributed by atoms with Crippen molar-refractivity contribution in [3.63, 3.8) is 0 Å². The van der Waals surface area contributed by atoms with E-state index in [9.17, 15) is 4.79 Å². The third-order valence-electron chi connectivity index (χ3n) is 2.46. The van der Waals surface area contributed by atoms with E-state index in [-0.39, 0.29) is 11.4 Å². The molecule has 0 aliphatic heterocycles. The summed E-state index contributed by atoms with van der Waals surface area (Å²) in [7, 11) is 1.41. The molecule has 0 amide bonds. The van der Waals surface area contributed by atoms with Crippen molar-refractivity contribution in [3.05, 3.63) is 33.8 Å². The zero-order chi connectivity index (χ0) is 12.6. The molecule has 1 heterocycles. The smallest absolute Gasteiger partial charge is 0.341 e. The Morgan fingerprint density at radius 2 is 2.12 bits per heavy atom. The van der Waals surface area contributed by atoms with Gasteiger partial charge in [0.1, 0.15) is 5.56 Å². The largest absolute Gasteiger partial charge is 0.480 e. The summed E-state index contributed by atoms with van der Waals surface area (Å²) in [5, 5.41) is 9.84. The standard InChI is InChI=1S/C12H10BrNO3/c1-6-3-8(13)4-7-5-9(12(15)16)11(17-2)14-10(6)7/h3-5H,1-2H3,(H,15,16). The minimum Gasteiger partial charge on any atom is -0.480 e. The molecule has 0 unspecified atom stereocenters. The SMILES string of the molecule is COc1nc2c(C)cc(Br)cc2cc1C(=O)O. The van der Waals surface area contributed by atoms with Crippen molar-refractivity contribution in [3.8, 4) is 5.88 Å². The predicted octanol–water partition coefficient (Wildman–Crippen LogP) is 3.01. The van der Waals surface area contributed by atoms with Gasteiger partial charge in [-0.3, -0.25) is 0 Å². The number of fused-ring (bicyclic) bond motifs is 1. The first-order valence-electron chi connectivity index (χ1n) is 4.91. The maximum absolute atomic E-state index is 11.1. The molecule has 0 fully saturated rings. The van der Waals surface area contributed by atoms with Crippen LogP contribution in [0.4, 0.5) is 0 Å². The van der Waals surface area contributed by atoms with Gasteiger partial charge in [-0.15, -0.1) is 0 Å². The van der Waals surface area contributed by atoms with Crippen molar-refractivity contribution in [1.82, 2.24) is 4.98 Å². The van der Waals surface area contributed by atoms with Crippen LogP contribution in [0, 0.1) is 6.92 Å². The second-order valence-electron chi connectivity index (χ2n) is 3.64. The lowest BCUT2D eigenvalue weighted by molar-refractivity contribution is 0.0692. The molecule has 2 aromatic rings. The van der Waals surface area contributed by atoms with Crippen LogP contribution < -0.4 is 4.74 Å². The number of aryl methyl sites for hydroxylation is 1. The van der Waals surface area contributed by atoms with Gasteiger partial charge in [0.2, 0.25) is 5.88 Å². The molecule has 0 aliphatic carbocycles. The van der Waals surface area contributed by atoms with Crippen LogP contribution in [0.3, 0.4) is 0 Å². The van der Waals surface area contributed by atoms with Gasteiger partial charge in [-0.1, -0.05) is 15.9 Å². The van der Waals surface area contributed by atoms with Gasteiger partial charge in [-0.05, 0) is 30.7 Å². The van der Waals surface area contributed by atoms with E-state index in [1.54, 1.807) is 6.07 Å². The molecule has 0 saturated heterocycles. The molecule has 4 nitrogen and oxygen atoms in total. The monoisotopic (exact) mass is 295 g/mol. The van der Waals surface area contributed by atoms with Crippen LogP contribution in [-0.2, 0) is 0 Å². The van der Waals surface area contributed by atoms with Gasteiger partial charge < -0.3 is 9.84 Å². The number of carboxylic acids is 1. The summed E-state index contributed by atoms with van der Waals surface area (Å²) < 4.78 is 5.89. The van der Waals surface area contributed by atoms with Gasteiger partial charge in [0.05, 0.1) is 12.6 Å². The zero-order valence-corrected chi connectivity index (χ0v) is 10.9. The first-order valence-corrected chi connectivity index (χ1v) is 5.70. The molecule has 17 heavy (non-hydrogen) atoms. The highest BCUT2D eigenvalue weighted by atomic mass is 79.9. The van der Waals surface area contributed by atoms with Gasteiger partial charge in [-0.2, -0.15) is 0 Å². The van der Waals surface area contributed by atoms with Gasteiger partial charge in [-0.25, -0.2) is 9.78 Å². The van der Waals surface area contributed by atoms with Crippen LogP contribution in [-0.4, -0.2) is 23.2 Å². The minimum absolute atomic E-state index is 0.0671. The van der Waals surface area contributed by atoms with Gasteiger partial charge in [0.25, 0.3) is 0 Å². The van der Waals surface area contributed by atoms with E-state index in [2.05, 4.69) is 20.9 Å². The van der Waals surface area contributed by atoms with Crippen molar-refractivity contribution in [2.45, 2.75) is 6.92 Å². The molecule has 88 valence electrons. The molecule has 2 rings (SSSR count). The van der Waals surface area contributed by atoms with Crippen molar-refractivity contribution in [1.29, 1.82) is 0 Å². The third kappa shape index (κ3) is 2.10.